The van der Waals surface area contributed by atoms with Crippen molar-refractivity contribution in [2.75, 3.05) is 5.73 Å². The highest BCUT2D eigenvalue weighted by atomic mass is 16.4. The Kier molecular flexibility index (Phi) is 2.04. The summed E-state index contributed by atoms with van der Waals surface area (Å²) >= 11 is 0. The van der Waals surface area contributed by atoms with Gasteiger partial charge in [-0.2, -0.15) is 0 Å². The Morgan fingerprint density at radius 3 is 2.80 bits per heavy atom. The molecule has 0 amide bonds. The molecule has 0 aliphatic heterocycles. The van der Waals surface area contributed by atoms with E-state index in [1.165, 1.54) is 0 Å². The number of aromatic carboxylic acids is 1. The van der Waals surface area contributed by atoms with E-state index >= 15 is 0 Å². The predicted molar refractivity (Wildman–Crippen MR) is 57.9 cm³/mol. The molecule has 0 bridgehead atoms. The predicted octanol–water partition coefficient (Wildman–Crippen LogP) is 1.82. The van der Waals surface area contributed by atoms with Gasteiger partial charge in [-0.25, -0.2) is 9.78 Å². The number of nitrogens with zero attached hydrogens (tertiary/aromatic N) is 1. The van der Waals surface area contributed by atoms with Gasteiger partial charge in [-0.3, -0.25) is 0 Å². The number of carbonyl (C=O) groups is 1. The number of aryl methyl sites for hydroxylation is 1. The molecule has 0 aliphatic carbocycles. The van der Waals surface area contributed by atoms with Crippen LogP contribution in [0.2, 0.25) is 0 Å². The van der Waals surface area contributed by atoms with Crippen LogP contribution in [0.25, 0.3) is 10.9 Å². The maximum Gasteiger partial charge on any atom is 0.356 e. The zero-order chi connectivity index (χ0) is 11.0. The summed E-state index contributed by atoms with van der Waals surface area (Å²) in [4.78, 5) is 14.8. The zero-order valence-electron chi connectivity index (χ0n) is 8.19. The number of rotatable bonds is 1. The quantitative estimate of drug-likeness (QED) is 0.739. The van der Waals surface area contributed by atoms with Gasteiger partial charge in [0.1, 0.15) is 0 Å². The first-order valence-electron chi connectivity index (χ1n) is 4.48. The summed E-state index contributed by atoms with van der Waals surface area (Å²) in [6.07, 6.45) is 0. The first kappa shape index (κ1) is 9.45. The molecule has 0 saturated heterocycles. The highest BCUT2D eigenvalue weighted by Gasteiger charge is 2.10. The number of carboxylic acid groups (broad SMARTS) is 1. The lowest BCUT2D eigenvalue weighted by Gasteiger charge is -2.03. The van der Waals surface area contributed by atoms with Gasteiger partial charge >= 0.3 is 5.97 Å². The monoisotopic (exact) mass is 202 g/mol. The van der Waals surface area contributed by atoms with E-state index in [4.69, 9.17) is 10.8 Å². The molecule has 4 heteroatoms. The van der Waals surface area contributed by atoms with Crippen molar-refractivity contribution in [3.8, 4) is 0 Å². The van der Waals surface area contributed by atoms with E-state index in [-0.39, 0.29) is 11.4 Å². The van der Waals surface area contributed by atoms with E-state index in [1.54, 1.807) is 12.1 Å². The maximum atomic E-state index is 10.8. The van der Waals surface area contributed by atoms with Crippen molar-refractivity contribution in [3.05, 3.63) is 35.5 Å². The fourth-order valence-electron chi connectivity index (χ4n) is 1.48. The first-order valence-corrected chi connectivity index (χ1v) is 4.48. The molecule has 0 atom stereocenters. The van der Waals surface area contributed by atoms with Crippen LogP contribution in [0, 0.1) is 6.92 Å². The van der Waals surface area contributed by atoms with E-state index in [0.717, 1.165) is 10.9 Å². The molecular weight excluding hydrogens is 192 g/mol. The first-order chi connectivity index (χ1) is 7.08. The number of hydrogen-bond acceptors (Lipinski definition) is 3. The summed E-state index contributed by atoms with van der Waals surface area (Å²) in [6.45, 7) is 1.96. The number of benzene rings is 1. The van der Waals surface area contributed by atoms with Gasteiger partial charge in [0.25, 0.3) is 0 Å². The van der Waals surface area contributed by atoms with Crippen LogP contribution in [0.15, 0.2) is 24.3 Å². The van der Waals surface area contributed by atoms with Gasteiger partial charge in [-0.1, -0.05) is 11.6 Å². The Labute approximate surface area is 86.4 Å². The average molecular weight is 202 g/mol. The van der Waals surface area contributed by atoms with Crippen molar-refractivity contribution in [3.63, 3.8) is 0 Å². The van der Waals surface area contributed by atoms with E-state index < -0.39 is 5.97 Å². The lowest BCUT2D eigenvalue weighted by Crippen LogP contribution is -2.05. The number of aromatic nitrogens is 1. The minimum Gasteiger partial charge on any atom is -0.476 e. The molecule has 4 nitrogen and oxygen atoms in total. The van der Waals surface area contributed by atoms with Crippen LogP contribution in [0.5, 0.6) is 0 Å². The van der Waals surface area contributed by atoms with Gasteiger partial charge in [-0.15, -0.1) is 0 Å². The third kappa shape index (κ3) is 1.61. The van der Waals surface area contributed by atoms with Crippen molar-refractivity contribution in [1.29, 1.82) is 0 Å². The van der Waals surface area contributed by atoms with Gasteiger partial charge in [0.2, 0.25) is 0 Å². The van der Waals surface area contributed by atoms with Gasteiger partial charge in [0, 0.05) is 5.39 Å². The number of pyridine rings is 1. The van der Waals surface area contributed by atoms with Crippen molar-refractivity contribution >= 4 is 22.6 Å². The Hall–Kier alpha value is -2.10. The van der Waals surface area contributed by atoms with E-state index in [9.17, 15) is 4.79 Å². The molecule has 0 radical (unpaired) electrons. The number of hydrogen-bond donors (Lipinski definition) is 2. The molecule has 1 aromatic heterocycles. The smallest absolute Gasteiger partial charge is 0.356 e. The van der Waals surface area contributed by atoms with Crippen LogP contribution in [-0.2, 0) is 0 Å². The molecule has 15 heavy (non-hydrogen) atoms. The summed E-state index contributed by atoms with van der Waals surface area (Å²) in [6, 6.07) is 7.23. The molecule has 0 aliphatic rings. The molecule has 1 heterocycles. The third-order valence-electron chi connectivity index (χ3n) is 2.20. The summed E-state index contributed by atoms with van der Waals surface area (Å²) < 4.78 is 0. The summed E-state index contributed by atoms with van der Waals surface area (Å²) in [5, 5.41) is 9.70. The molecule has 1 aromatic carbocycles. The highest BCUT2D eigenvalue weighted by molar-refractivity contribution is 5.96. The molecule has 0 saturated carbocycles. The van der Waals surface area contributed by atoms with Gasteiger partial charge < -0.3 is 10.8 Å². The summed E-state index contributed by atoms with van der Waals surface area (Å²) in [5.74, 6) is -1.10. The topological polar surface area (TPSA) is 76.2 Å². The molecule has 2 rings (SSSR count). The maximum absolute atomic E-state index is 10.8. The fourth-order valence-corrected chi connectivity index (χ4v) is 1.48. The van der Waals surface area contributed by atoms with Gasteiger partial charge in [0.05, 0.1) is 11.2 Å². The normalized spacial score (nSPS) is 10.5. The van der Waals surface area contributed by atoms with E-state index in [2.05, 4.69) is 4.98 Å². The Bertz CT molecular complexity index is 550. The molecule has 2 aromatic rings. The molecule has 0 fully saturated rings. The van der Waals surface area contributed by atoms with Gasteiger partial charge in [0.15, 0.2) is 5.69 Å². The number of anilines is 1. The van der Waals surface area contributed by atoms with Gasteiger partial charge in [-0.05, 0) is 25.1 Å². The minimum atomic E-state index is -1.10. The number of fused-ring (bicyclic) bond motifs is 1. The summed E-state index contributed by atoms with van der Waals surface area (Å²) in [5.41, 5.74) is 7.43. The van der Waals surface area contributed by atoms with E-state index in [1.807, 2.05) is 19.1 Å². The second-order valence-electron chi connectivity index (χ2n) is 3.43. The fraction of sp³-hybridized carbons (Fsp3) is 0.0909. The van der Waals surface area contributed by atoms with Crippen LogP contribution < -0.4 is 5.73 Å². The molecule has 0 unspecified atom stereocenters. The minimum absolute atomic E-state index is 0.0913. The summed E-state index contributed by atoms with van der Waals surface area (Å²) in [7, 11) is 0. The number of nitrogens with two attached hydrogens (primary N) is 1. The molecule has 3 N–H and O–H groups in total. The largest absolute Gasteiger partial charge is 0.476 e. The number of nitrogen functional groups attached to an aromatic ring is 1. The zero-order valence-corrected chi connectivity index (χ0v) is 8.19. The van der Waals surface area contributed by atoms with Crippen molar-refractivity contribution < 1.29 is 9.90 Å². The Balaban J connectivity index is 2.76. The third-order valence-corrected chi connectivity index (χ3v) is 2.20. The average Bonchev–Trinajstić information content (AvgIpc) is 2.15. The van der Waals surface area contributed by atoms with Crippen molar-refractivity contribution in [2.45, 2.75) is 6.92 Å². The second-order valence-corrected chi connectivity index (χ2v) is 3.43. The van der Waals surface area contributed by atoms with Crippen LogP contribution in [0.4, 0.5) is 5.69 Å². The van der Waals surface area contributed by atoms with E-state index in [0.29, 0.717) is 5.52 Å². The van der Waals surface area contributed by atoms with Crippen LogP contribution in [0.1, 0.15) is 16.1 Å². The van der Waals surface area contributed by atoms with Crippen molar-refractivity contribution in [1.82, 2.24) is 4.98 Å². The SMILES string of the molecule is Cc1ccc2nc(C(=O)O)c(N)cc2c1. The molecular formula is C11H10N2O2. The lowest BCUT2D eigenvalue weighted by atomic mass is 10.1. The van der Waals surface area contributed by atoms with Crippen LogP contribution >= 0.6 is 0 Å². The Morgan fingerprint density at radius 2 is 2.13 bits per heavy atom. The van der Waals surface area contributed by atoms with Crippen LogP contribution in [-0.4, -0.2) is 16.1 Å². The molecule has 0 spiro atoms. The van der Waals surface area contributed by atoms with Crippen molar-refractivity contribution in [2.24, 2.45) is 0 Å². The number of carboxylic acids is 1. The molecule has 76 valence electrons. The highest BCUT2D eigenvalue weighted by Crippen LogP contribution is 2.19. The standard InChI is InChI=1S/C11H10N2O2/c1-6-2-3-9-7(4-6)5-8(12)10(13-9)11(14)15/h2-5H,12H2,1H3,(H,14,15). The Morgan fingerprint density at radius 1 is 1.40 bits per heavy atom. The lowest BCUT2D eigenvalue weighted by molar-refractivity contribution is 0.0692. The van der Waals surface area contributed by atoms with Crippen LogP contribution in [0.3, 0.4) is 0 Å². The second kappa shape index (κ2) is 3.24.